The molecule has 0 saturated carbocycles. The average molecular weight is 193 g/mol. The summed E-state index contributed by atoms with van der Waals surface area (Å²) < 4.78 is 5.16. The maximum absolute atomic E-state index is 5.16. The van der Waals surface area contributed by atoms with Crippen LogP contribution < -0.4 is 0 Å². The molecule has 0 heterocycles. The molecule has 0 spiro atoms. The molecule has 0 aromatic carbocycles. The zero-order chi connectivity index (χ0) is 6.41. The fourth-order valence-electron chi connectivity index (χ4n) is 0.277. The Bertz CT molecular complexity index is 73.0. The van der Waals surface area contributed by atoms with Crippen molar-refractivity contribution in [1.82, 2.24) is 0 Å². The molecule has 9 heavy (non-hydrogen) atoms. The quantitative estimate of drug-likeness (QED) is 0.498. The summed E-state index contributed by atoms with van der Waals surface area (Å²) in [5.41, 5.74) is 0. The maximum Gasteiger partial charge on any atom is 0.107 e. The van der Waals surface area contributed by atoms with Gasteiger partial charge in [-0.2, -0.15) is 0 Å². The summed E-state index contributed by atoms with van der Waals surface area (Å²) in [6.45, 7) is 4.85. The van der Waals surface area contributed by atoms with Crippen LogP contribution in [0.5, 0.6) is 0 Å². The van der Waals surface area contributed by atoms with Gasteiger partial charge in [-0.3, -0.25) is 0 Å². The summed E-state index contributed by atoms with van der Waals surface area (Å²) in [7, 11) is 0. The van der Waals surface area contributed by atoms with Crippen molar-refractivity contribution in [3.8, 4) is 0 Å². The Kier molecular flexibility index (Phi) is 15.0. The average Bonchev–Trinajstić information content (AvgIpc) is 1.68. The van der Waals surface area contributed by atoms with Crippen LogP contribution in [0.3, 0.4) is 0 Å². The summed E-state index contributed by atoms with van der Waals surface area (Å²) in [6.07, 6.45) is -0.891. The first-order valence-electron chi connectivity index (χ1n) is 2.60. The van der Waals surface area contributed by atoms with Gasteiger partial charge in [0.15, 0.2) is 0 Å². The van der Waals surface area contributed by atoms with Crippen LogP contribution in [0.15, 0.2) is 0 Å². The van der Waals surface area contributed by atoms with Crippen molar-refractivity contribution in [1.29, 1.82) is 0 Å². The van der Waals surface area contributed by atoms with E-state index in [4.69, 9.17) is 16.3 Å². The maximum atomic E-state index is 5.16. The summed E-state index contributed by atoms with van der Waals surface area (Å²) in [5, 5.41) is 0. The largest absolute Gasteiger partial charge is 0.344 e. The van der Waals surface area contributed by atoms with Gasteiger partial charge in [0.05, 0.1) is 0 Å². The molecule has 0 aliphatic rings. The Balaban J connectivity index is 0. The first kappa shape index (κ1) is 13.5. The summed E-state index contributed by atoms with van der Waals surface area (Å²) in [4.78, 5) is 0. The SMILES string of the molecule is CCO[PH](=S)SCC.[Na]. The van der Waals surface area contributed by atoms with E-state index in [1.807, 2.05) is 6.92 Å². The van der Waals surface area contributed by atoms with E-state index in [0.717, 1.165) is 12.4 Å². The molecule has 0 fully saturated rings. The van der Waals surface area contributed by atoms with E-state index in [1.165, 1.54) is 0 Å². The first-order valence-corrected chi connectivity index (χ1v) is 6.86. The van der Waals surface area contributed by atoms with Crippen LogP contribution >= 0.6 is 17.5 Å². The zero-order valence-corrected chi connectivity index (χ0v) is 10.8. The third-order valence-corrected chi connectivity index (χ3v) is 4.91. The fraction of sp³-hybridized carbons (Fsp3) is 1.00. The van der Waals surface area contributed by atoms with Crippen LogP contribution in [-0.4, -0.2) is 41.9 Å². The van der Waals surface area contributed by atoms with Crippen molar-refractivity contribution in [3.63, 3.8) is 0 Å². The normalized spacial score (nSPS) is 12.2. The van der Waals surface area contributed by atoms with E-state index in [9.17, 15) is 0 Å². The second kappa shape index (κ2) is 9.96. The van der Waals surface area contributed by atoms with Gasteiger partial charge in [0.1, 0.15) is 6.13 Å². The Labute approximate surface area is 88.9 Å². The smallest absolute Gasteiger partial charge is 0.107 e. The molecule has 0 aromatic rings. The molecule has 0 aliphatic heterocycles. The van der Waals surface area contributed by atoms with Gasteiger partial charge in [-0.05, 0) is 12.7 Å². The summed E-state index contributed by atoms with van der Waals surface area (Å²) in [5.74, 6) is 1.08. The van der Waals surface area contributed by atoms with Crippen LogP contribution in [0.25, 0.3) is 0 Å². The van der Waals surface area contributed by atoms with Gasteiger partial charge in [-0.15, -0.1) is 11.4 Å². The van der Waals surface area contributed by atoms with Crippen molar-refractivity contribution < 1.29 is 4.52 Å². The van der Waals surface area contributed by atoms with E-state index < -0.39 is 6.13 Å². The molecular weight excluding hydrogens is 182 g/mol. The predicted molar refractivity (Wildman–Crippen MR) is 51.2 cm³/mol. The topological polar surface area (TPSA) is 9.23 Å². The van der Waals surface area contributed by atoms with E-state index in [1.54, 1.807) is 11.4 Å². The molecule has 0 saturated heterocycles. The van der Waals surface area contributed by atoms with Gasteiger partial charge in [-0.1, -0.05) is 18.7 Å². The minimum atomic E-state index is -0.891. The second-order valence-corrected chi connectivity index (χ2v) is 6.64. The Morgan fingerprint density at radius 1 is 1.56 bits per heavy atom. The fourth-order valence-corrected chi connectivity index (χ4v) is 3.56. The van der Waals surface area contributed by atoms with E-state index >= 15 is 0 Å². The van der Waals surface area contributed by atoms with Gasteiger partial charge >= 0.3 is 0 Å². The molecule has 0 aromatic heterocycles. The standard InChI is InChI=1S/C4H11OPS2.Na/c1-3-5-6(7)8-4-2;/h6H,3-4H2,1-2H3;. The molecule has 51 valence electrons. The Hall–Kier alpha value is 1.96. The third-order valence-electron chi connectivity index (χ3n) is 0.524. The van der Waals surface area contributed by atoms with Gasteiger partial charge in [0.25, 0.3) is 0 Å². The van der Waals surface area contributed by atoms with Crippen molar-refractivity contribution in [3.05, 3.63) is 0 Å². The predicted octanol–water partition coefficient (Wildman–Crippen LogP) is 1.90. The molecule has 0 rings (SSSR count). The van der Waals surface area contributed by atoms with Crippen LogP contribution in [-0.2, 0) is 16.3 Å². The van der Waals surface area contributed by atoms with E-state index in [0.29, 0.717) is 0 Å². The first-order chi connectivity index (χ1) is 3.81. The van der Waals surface area contributed by atoms with Crippen LogP contribution in [0, 0.1) is 0 Å². The number of hydrogen-bond acceptors (Lipinski definition) is 3. The second-order valence-electron chi connectivity index (χ2n) is 1.12. The summed E-state index contributed by atoms with van der Waals surface area (Å²) >= 11 is 6.73. The molecule has 0 amide bonds. The Morgan fingerprint density at radius 3 is 2.44 bits per heavy atom. The minimum absolute atomic E-state index is 0. The van der Waals surface area contributed by atoms with Crippen molar-refractivity contribution in [2.45, 2.75) is 13.8 Å². The van der Waals surface area contributed by atoms with Crippen LogP contribution in [0.4, 0.5) is 0 Å². The van der Waals surface area contributed by atoms with Crippen LogP contribution in [0.2, 0.25) is 0 Å². The molecule has 1 atom stereocenters. The third kappa shape index (κ3) is 9.96. The van der Waals surface area contributed by atoms with E-state index in [-0.39, 0.29) is 29.6 Å². The molecular formula is C4H11NaOPS2. The molecule has 0 bridgehead atoms. The van der Waals surface area contributed by atoms with Crippen LogP contribution in [0.1, 0.15) is 13.8 Å². The molecule has 1 radical (unpaired) electrons. The monoisotopic (exact) mass is 193 g/mol. The van der Waals surface area contributed by atoms with Crippen molar-refractivity contribution >= 4 is 58.9 Å². The van der Waals surface area contributed by atoms with E-state index in [2.05, 4.69) is 6.92 Å². The zero-order valence-electron chi connectivity index (χ0n) is 6.14. The van der Waals surface area contributed by atoms with Gasteiger partial charge in [0.2, 0.25) is 0 Å². The number of rotatable bonds is 4. The molecule has 5 heteroatoms. The van der Waals surface area contributed by atoms with Crippen molar-refractivity contribution in [2.75, 3.05) is 12.4 Å². The van der Waals surface area contributed by atoms with Crippen molar-refractivity contribution in [2.24, 2.45) is 0 Å². The van der Waals surface area contributed by atoms with Gasteiger partial charge in [0, 0.05) is 36.2 Å². The number of hydrogen-bond donors (Lipinski definition) is 0. The van der Waals surface area contributed by atoms with Gasteiger partial charge < -0.3 is 4.52 Å². The molecule has 1 unspecified atom stereocenters. The minimum Gasteiger partial charge on any atom is -0.344 e. The molecule has 0 N–H and O–H groups in total. The van der Waals surface area contributed by atoms with Gasteiger partial charge in [-0.25, -0.2) is 0 Å². The molecule has 1 nitrogen and oxygen atoms in total. The Morgan fingerprint density at radius 2 is 2.11 bits per heavy atom. The summed E-state index contributed by atoms with van der Waals surface area (Å²) in [6, 6.07) is 0. The molecule has 0 aliphatic carbocycles.